The lowest BCUT2D eigenvalue weighted by molar-refractivity contribution is 0.0505. The van der Waals surface area contributed by atoms with Crippen LogP contribution in [0.15, 0.2) is 48.5 Å². The zero-order valence-electron chi connectivity index (χ0n) is 11.8. The van der Waals surface area contributed by atoms with E-state index in [0.29, 0.717) is 29.5 Å². The quantitative estimate of drug-likeness (QED) is 0.738. The van der Waals surface area contributed by atoms with Gasteiger partial charge < -0.3 is 9.47 Å². The third-order valence-electron chi connectivity index (χ3n) is 2.85. The molecule has 0 bridgehead atoms. The van der Waals surface area contributed by atoms with Gasteiger partial charge in [-0.05, 0) is 48.4 Å². The maximum Gasteiger partial charge on any atom is 0.338 e. The Morgan fingerprint density at radius 3 is 2.33 bits per heavy atom. The molecule has 0 saturated carbocycles. The number of ether oxygens (including phenoxy) is 2. The third kappa shape index (κ3) is 4.80. The van der Waals surface area contributed by atoms with Gasteiger partial charge in [0.05, 0.1) is 12.2 Å². The number of halogens is 1. The zero-order valence-corrected chi connectivity index (χ0v) is 12.6. The fourth-order valence-corrected chi connectivity index (χ4v) is 1.84. The van der Waals surface area contributed by atoms with Crippen LogP contribution in [0.1, 0.15) is 29.3 Å². The molecule has 0 aromatic heterocycles. The highest BCUT2D eigenvalue weighted by atomic mass is 35.5. The van der Waals surface area contributed by atoms with Crippen LogP contribution in [0.25, 0.3) is 0 Å². The number of benzene rings is 2. The number of carbonyl (C=O) groups is 1. The summed E-state index contributed by atoms with van der Waals surface area (Å²) >= 11 is 5.83. The van der Waals surface area contributed by atoms with Gasteiger partial charge >= 0.3 is 5.97 Å². The van der Waals surface area contributed by atoms with Crippen molar-refractivity contribution in [1.82, 2.24) is 0 Å². The molecular weight excluding hydrogens is 288 g/mol. The molecule has 2 aromatic rings. The summed E-state index contributed by atoms with van der Waals surface area (Å²) in [6.45, 7) is 2.85. The minimum absolute atomic E-state index is 0.305. The van der Waals surface area contributed by atoms with Gasteiger partial charge in [-0.25, -0.2) is 4.79 Å². The van der Waals surface area contributed by atoms with Crippen molar-refractivity contribution in [3.63, 3.8) is 0 Å². The Bertz CT molecular complexity index is 576. The van der Waals surface area contributed by atoms with E-state index in [1.807, 2.05) is 31.2 Å². The predicted octanol–water partition coefficient (Wildman–Crippen LogP) is 4.49. The van der Waals surface area contributed by atoms with Gasteiger partial charge in [-0.1, -0.05) is 30.7 Å². The number of esters is 1. The molecule has 4 heteroatoms. The van der Waals surface area contributed by atoms with Crippen LogP contribution in [0.2, 0.25) is 5.02 Å². The Balaban J connectivity index is 1.90. The summed E-state index contributed by atoms with van der Waals surface area (Å²) in [7, 11) is 0. The van der Waals surface area contributed by atoms with Crippen LogP contribution in [0.4, 0.5) is 0 Å². The highest BCUT2D eigenvalue weighted by Gasteiger charge is 2.06. The van der Waals surface area contributed by atoms with Crippen molar-refractivity contribution in [3.8, 4) is 5.75 Å². The molecule has 0 unspecified atom stereocenters. The van der Waals surface area contributed by atoms with E-state index < -0.39 is 0 Å². The van der Waals surface area contributed by atoms with Crippen molar-refractivity contribution < 1.29 is 14.3 Å². The topological polar surface area (TPSA) is 35.5 Å². The second kappa shape index (κ2) is 7.70. The van der Waals surface area contributed by atoms with Crippen molar-refractivity contribution in [2.45, 2.75) is 20.0 Å². The number of rotatable bonds is 6. The summed E-state index contributed by atoms with van der Waals surface area (Å²) in [5.41, 5.74) is 1.56. The van der Waals surface area contributed by atoms with Gasteiger partial charge in [0.1, 0.15) is 12.4 Å². The smallest absolute Gasteiger partial charge is 0.338 e. The third-order valence-corrected chi connectivity index (χ3v) is 3.10. The molecule has 0 fully saturated rings. The Kier molecular flexibility index (Phi) is 5.64. The fourth-order valence-electron chi connectivity index (χ4n) is 1.71. The average Bonchev–Trinajstić information content (AvgIpc) is 2.52. The molecular formula is C17H17ClO3. The normalized spacial score (nSPS) is 10.2. The van der Waals surface area contributed by atoms with Crippen molar-refractivity contribution in [3.05, 3.63) is 64.7 Å². The highest BCUT2D eigenvalue weighted by molar-refractivity contribution is 6.30. The Labute approximate surface area is 129 Å². The average molecular weight is 305 g/mol. The van der Waals surface area contributed by atoms with Gasteiger partial charge in [0.25, 0.3) is 0 Å². The van der Waals surface area contributed by atoms with Gasteiger partial charge in [0.15, 0.2) is 0 Å². The van der Waals surface area contributed by atoms with E-state index in [9.17, 15) is 4.79 Å². The molecule has 0 atom stereocenters. The van der Waals surface area contributed by atoms with E-state index in [0.717, 1.165) is 12.0 Å². The van der Waals surface area contributed by atoms with Crippen LogP contribution in [0.3, 0.4) is 0 Å². The van der Waals surface area contributed by atoms with Crippen LogP contribution in [0.5, 0.6) is 5.75 Å². The Morgan fingerprint density at radius 1 is 1.05 bits per heavy atom. The van der Waals surface area contributed by atoms with E-state index in [1.165, 1.54) is 0 Å². The minimum Gasteiger partial charge on any atom is -0.489 e. The van der Waals surface area contributed by atoms with Crippen LogP contribution < -0.4 is 4.74 Å². The van der Waals surface area contributed by atoms with Crippen LogP contribution >= 0.6 is 11.6 Å². The first-order chi connectivity index (χ1) is 10.2. The van der Waals surface area contributed by atoms with Crippen LogP contribution in [0, 0.1) is 0 Å². The second-order valence-electron chi connectivity index (χ2n) is 4.58. The fraction of sp³-hybridized carbons (Fsp3) is 0.235. The number of hydrogen-bond donors (Lipinski definition) is 0. The van der Waals surface area contributed by atoms with Gasteiger partial charge in [0, 0.05) is 5.02 Å². The second-order valence-corrected chi connectivity index (χ2v) is 5.01. The van der Waals surface area contributed by atoms with Crippen LogP contribution in [-0.4, -0.2) is 12.6 Å². The Hall–Kier alpha value is -2.00. The molecule has 21 heavy (non-hydrogen) atoms. The van der Waals surface area contributed by atoms with E-state index in [1.54, 1.807) is 24.3 Å². The van der Waals surface area contributed by atoms with E-state index in [2.05, 4.69) is 0 Å². The first-order valence-corrected chi connectivity index (χ1v) is 7.21. The molecule has 0 heterocycles. The molecule has 0 spiro atoms. The standard InChI is InChI=1S/C17H17ClO3/c1-2-11-20-17(19)14-5-9-16(10-6-14)21-12-13-3-7-15(18)8-4-13/h3-10H,2,11-12H2,1H3. The lowest BCUT2D eigenvalue weighted by atomic mass is 10.2. The van der Waals surface area contributed by atoms with Crippen molar-refractivity contribution >= 4 is 17.6 Å². The maximum absolute atomic E-state index is 11.7. The summed E-state index contributed by atoms with van der Waals surface area (Å²) in [5, 5.41) is 0.702. The van der Waals surface area contributed by atoms with E-state index in [4.69, 9.17) is 21.1 Å². The molecule has 0 aliphatic rings. The molecule has 0 aliphatic carbocycles. The number of carbonyl (C=O) groups excluding carboxylic acids is 1. The zero-order chi connectivity index (χ0) is 15.1. The van der Waals surface area contributed by atoms with Gasteiger partial charge in [0.2, 0.25) is 0 Å². The first kappa shape index (κ1) is 15.4. The summed E-state index contributed by atoms with van der Waals surface area (Å²) < 4.78 is 10.7. The van der Waals surface area contributed by atoms with Crippen molar-refractivity contribution in [2.75, 3.05) is 6.61 Å². The lowest BCUT2D eigenvalue weighted by Crippen LogP contribution is -2.05. The molecule has 2 aromatic carbocycles. The SMILES string of the molecule is CCCOC(=O)c1ccc(OCc2ccc(Cl)cc2)cc1. The van der Waals surface area contributed by atoms with Crippen molar-refractivity contribution in [1.29, 1.82) is 0 Å². The molecule has 0 amide bonds. The lowest BCUT2D eigenvalue weighted by Gasteiger charge is -2.07. The number of hydrogen-bond acceptors (Lipinski definition) is 3. The molecule has 2 rings (SSSR count). The van der Waals surface area contributed by atoms with Gasteiger partial charge in [-0.15, -0.1) is 0 Å². The maximum atomic E-state index is 11.7. The summed E-state index contributed by atoms with van der Waals surface area (Å²) in [4.78, 5) is 11.7. The van der Waals surface area contributed by atoms with Gasteiger partial charge in [-0.2, -0.15) is 0 Å². The summed E-state index contributed by atoms with van der Waals surface area (Å²) in [6.07, 6.45) is 0.814. The van der Waals surface area contributed by atoms with Crippen molar-refractivity contribution in [2.24, 2.45) is 0 Å². The van der Waals surface area contributed by atoms with Crippen LogP contribution in [-0.2, 0) is 11.3 Å². The molecule has 110 valence electrons. The first-order valence-electron chi connectivity index (χ1n) is 6.83. The summed E-state index contributed by atoms with van der Waals surface area (Å²) in [5.74, 6) is 0.401. The molecule has 3 nitrogen and oxygen atoms in total. The largest absolute Gasteiger partial charge is 0.489 e. The molecule has 0 aliphatic heterocycles. The Morgan fingerprint density at radius 2 is 1.71 bits per heavy atom. The predicted molar refractivity (Wildman–Crippen MR) is 82.8 cm³/mol. The van der Waals surface area contributed by atoms with Gasteiger partial charge in [-0.3, -0.25) is 0 Å². The monoisotopic (exact) mass is 304 g/mol. The molecule has 0 N–H and O–H groups in total. The summed E-state index contributed by atoms with van der Waals surface area (Å²) in [6, 6.07) is 14.4. The molecule has 0 saturated heterocycles. The van der Waals surface area contributed by atoms with E-state index in [-0.39, 0.29) is 5.97 Å². The van der Waals surface area contributed by atoms with E-state index >= 15 is 0 Å². The minimum atomic E-state index is -0.305. The molecule has 0 radical (unpaired) electrons. The highest BCUT2D eigenvalue weighted by Crippen LogP contribution is 2.16.